The highest BCUT2D eigenvalue weighted by atomic mass is 16.5. The predicted octanol–water partition coefficient (Wildman–Crippen LogP) is 1.75. The highest BCUT2D eigenvalue weighted by molar-refractivity contribution is 5.96. The molecule has 1 aromatic carbocycles. The van der Waals surface area contributed by atoms with Crippen LogP contribution in [0, 0.1) is 6.92 Å². The molecular weight excluding hydrogens is 280 g/mol. The lowest BCUT2D eigenvalue weighted by atomic mass is 10.0. The van der Waals surface area contributed by atoms with E-state index >= 15 is 0 Å². The molecule has 0 spiro atoms. The second-order valence-corrected chi connectivity index (χ2v) is 6.49. The molecule has 1 N–H and O–H groups in total. The molecule has 0 unspecified atom stereocenters. The highest BCUT2D eigenvalue weighted by Gasteiger charge is 2.36. The van der Waals surface area contributed by atoms with Crippen LogP contribution in [0.15, 0.2) is 24.3 Å². The van der Waals surface area contributed by atoms with Gasteiger partial charge in [-0.25, -0.2) is 0 Å². The summed E-state index contributed by atoms with van der Waals surface area (Å²) in [6.45, 7) is 8.87. The van der Waals surface area contributed by atoms with Crippen LogP contribution in [0.2, 0.25) is 0 Å². The number of carbonyl (C=O) groups is 2. The number of amides is 2. The van der Waals surface area contributed by atoms with Gasteiger partial charge in [-0.05, 0) is 39.8 Å². The molecule has 5 heteroatoms. The topological polar surface area (TPSA) is 58.6 Å². The van der Waals surface area contributed by atoms with E-state index < -0.39 is 0 Å². The fraction of sp³-hybridized carbons (Fsp3) is 0.529. The van der Waals surface area contributed by atoms with E-state index in [1.54, 1.807) is 17.0 Å². The number of benzene rings is 1. The molecule has 2 amide bonds. The Morgan fingerprint density at radius 3 is 2.82 bits per heavy atom. The third-order valence-corrected chi connectivity index (χ3v) is 3.87. The zero-order valence-corrected chi connectivity index (χ0v) is 13.7. The van der Waals surface area contributed by atoms with E-state index in [0.717, 1.165) is 5.56 Å². The summed E-state index contributed by atoms with van der Waals surface area (Å²) in [6, 6.07) is 7.31. The van der Waals surface area contributed by atoms with Gasteiger partial charge in [0.2, 0.25) is 5.91 Å². The first-order chi connectivity index (χ1) is 10.3. The number of morpholine rings is 1. The summed E-state index contributed by atoms with van der Waals surface area (Å²) in [4.78, 5) is 26.3. The first kappa shape index (κ1) is 16.5. The van der Waals surface area contributed by atoms with Gasteiger partial charge in [-0.3, -0.25) is 9.59 Å². The molecule has 120 valence electrons. The zero-order valence-electron chi connectivity index (χ0n) is 13.7. The number of hydrogen-bond acceptors (Lipinski definition) is 3. The summed E-state index contributed by atoms with van der Waals surface area (Å²) >= 11 is 0. The van der Waals surface area contributed by atoms with Crippen LogP contribution >= 0.6 is 0 Å². The molecule has 1 aromatic rings. The Labute approximate surface area is 131 Å². The van der Waals surface area contributed by atoms with E-state index in [1.165, 1.54) is 0 Å². The van der Waals surface area contributed by atoms with Crippen molar-refractivity contribution in [2.45, 2.75) is 39.3 Å². The van der Waals surface area contributed by atoms with Gasteiger partial charge in [-0.15, -0.1) is 0 Å². The molecule has 1 atom stereocenters. The second kappa shape index (κ2) is 6.48. The summed E-state index contributed by atoms with van der Waals surface area (Å²) < 4.78 is 5.60. The Bertz CT molecular complexity index is 569. The molecule has 1 heterocycles. The van der Waals surface area contributed by atoms with Crippen LogP contribution in [0.5, 0.6) is 0 Å². The van der Waals surface area contributed by atoms with Crippen LogP contribution in [0.3, 0.4) is 0 Å². The van der Waals surface area contributed by atoms with Crippen LogP contribution < -0.4 is 5.32 Å². The minimum Gasteiger partial charge on any atom is -0.374 e. The van der Waals surface area contributed by atoms with E-state index in [4.69, 9.17) is 4.74 Å². The standard InChI is InChI=1S/C17H24N2O3/c1-12-6-5-7-14(8-12)16(21)18-9-15(20)19-10-13(2)22-11-17(19,3)4/h5-8,13H,9-11H2,1-4H3,(H,18,21)/t13-/m0/s1. The number of ether oxygens (including phenoxy) is 1. The third kappa shape index (κ3) is 3.85. The van der Waals surface area contributed by atoms with Gasteiger partial charge in [-0.2, -0.15) is 0 Å². The second-order valence-electron chi connectivity index (χ2n) is 6.49. The van der Waals surface area contributed by atoms with Crippen LogP contribution in [0.25, 0.3) is 0 Å². The van der Waals surface area contributed by atoms with Gasteiger partial charge in [0.1, 0.15) is 0 Å². The quantitative estimate of drug-likeness (QED) is 0.925. The van der Waals surface area contributed by atoms with Crippen LogP contribution in [0.4, 0.5) is 0 Å². The number of carbonyl (C=O) groups excluding carboxylic acids is 2. The SMILES string of the molecule is Cc1cccc(C(=O)NCC(=O)N2C[C@H](C)OCC2(C)C)c1. The van der Waals surface area contributed by atoms with Gasteiger partial charge >= 0.3 is 0 Å². The van der Waals surface area contributed by atoms with Crippen molar-refractivity contribution in [3.63, 3.8) is 0 Å². The van der Waals surface area contributed by atoms with E-state index in [0.29, 0.717) is 18.7 Å². The summed E-state index contributed by atoms with van der Waals surface area (Å²) in [5.74, 6) is -0.308. The Morgan fingerprint density at radius 2 is 2.14 bits per heavy atom. The Hall–Kier alpha value is -1.88. The van der Waals surface area contributed by atoms with Crippen molar-refractivity contribution in [1.82, 2.24) is 10.2 Å². The van der Waals surface area contributed by atoms with Crippen molar-refractivity contribution in [1.29, 1.82) is 0 Å². The van der Waals surface area contributed by atoms with Gasteiger partial charge in [0.15, 0.2) is 0 Å². The van der Waals surface area contributed by atoms with Crippen LogP contribution in [-0.4, -0.2) is 48.1 Å². The van der Waals surface area contributed by atoms with Gasteiger partial charge < -0.3 is 15.0 Å². The average Bonchev–Trinajstić information content (AvgIpc) is 2.47. The number of aryl methyl sites for hydroxylation is 1. The molecule has 1 saturated heterocycles. The zero-order chi connectivity index (χ0) is 16.3. The van der Waals surface area contributed by atoms with Crippen molar-refractivity contribution < 1.29 is 14.3 Å². The lowest BCUT2D eigenvalue weighted by Crippen LogP contribution is -2.59. The molecule has 1 fully saturated rings. The van der Waals surface area contributed by atoms with Crippen molar-refractivity contribution >= 4 is 11.8 Å². The number of hydrogen-bond donors (Lipinski definition) is 1. The third-order valence-electron chi connectivity index (χ3n) is 3.87. The van der Waals surface area contributed by atoms with Crippen molar-refractivity contribution in [3.8, 4) is 0 Å². The van der Waals surface area contributed by atoms with Crippen molar-refractivity contribution in [2.75, 3.05) is 19.7 Å². The van der Waals surface area contributed by atoms with Crippen molar-refractivity contribution in [3.05, 3.63) is 35.4 Å². The summed E-state index contributed by atoms with van der Waals surface area (Å²) in [6.07, 6.45) is 0.0180. The maximum absolute atomic E-state index is 12.4. The van der Waals surface area contributed by atoms with E-state index in [1.807, 2.05) is 39.8 Å². The molecule has 1 aliphatic heterocycles. The molecular formula is C17H24N2O3. The maximum atomic E-state index is 12.4. The first-order valence-corrected chi connectivity index (χ1v) is 7.56. The van der Waals surface area contributed by atoms with Gasteiger partial charge in [0, 0.05) is 12.1 Å². The van der Waals surface area contributed by atoms with Gasteiger partial charge in [0.05, 0.1) is 24.8 Å². The normalized spacial score (nSPS) is 20.5. The minimum atomic E-state index is -0.350. The predicted molar refractivity (Wildman–Crippen MR) is 84.7 cm³/mol. The van der Waals surface area contributed by atoms with Crippen LogP contribution in [-0.2, 0) is 9.53 Å². The monoisotopic (exact) mass is 304 g/mol. The largest absolute Gasteiger partial charge is 0.374 e. The number of nitrogens with zero attached hydrogens (tertiary/aromatic N) is 1. The van der Waals surface area contributed by atoms with E-state index in [2.05, 4.69) is 5.32 Å². The molecule has 1 aliphatic rings. The minimum absolute atomic E-state index is 0.00290. The fourth-order valence-corrected chi connectivity index (χ4v) is 2.56. The molecule has 2 rings (SSSR count). The lowest BCUT2D eigenvalue weighted by Gasteiger charge is -2.44. The first-order valence-electron chi connectivity index (χ1n) is 7.56. The number of rotatable bonds is 3. The summed E-state index contributed by atoms with van der Waals surface area (Å²) in [7, 11) is 0. The average molecular weight is 304 g/mol. The lowest BCUT2D eigenvalue weighted by molar-refractivity contribution is -0.151. The molecule has 0 bridgehead atoms. The van der Waals surface area contributed by atoms with Gasteiger partial charge in [0.25, 0.3) is 5.91 Å². The summed E-state index contributed by atoms with van der Waals surface area (Å²) in [5.41, 5.74) is 1.24. The van der Waals surface area contributed by atoms with Gasteiger partial charge in [-0.1, -0.05) is 17.7 Å². The molecule has 0 aliphatic carbocycles. The Kier molecular flexibility index (Phi) is 4.86. The summed E-state index contributed by atoms with van der Waals surface area (Å²) in [5, 5.41) is 2.70. The number of nitrogens with one attached hydrogen (secondary N) is 1. The fourth-order valence-electron chi connectivity index (χ4n) is 2.56. The Balaban J connectivity index is 1.96. The molecule has 0 aromatic heterocycles. The molecule has 22 heavy (non-hydrogen) atoms. The van der Waals surface area contributed by atoms with E-state index in [-0.39, 0.29) is 30.0 Å². The van der Waals surface area contributed by atoms with Crippen molar-refractivity contribution in [2.24, 2.45) is 0 Å². The highest BCUT2D eigenvalue weighted by Crippen LogP contribution is 2.21. The maximum Gasteiger partial charge on any atom is 0.251 e. The smallest absolute Gasteiger partial charge is 0.251 e. The molecule has 5 nitrogen and oxygen atoms in total. The van der Waals surface area contributed by atoms with Crippen LogP contribution in [0.1, 0.15) is 36.7 Å². The molecule has 0 saturated carbocycles. The molecule has 0 radical (unpaired) electrons. The van der Waals surface area contributed by atoms with E-state index in [9.17, 15) is 9.59 Å². The Morgan fingerprint density at radius 1 is 1.41 bits per heavy atom.